The maximum atomic E-state index is 12.1. The molecule has 2 aromatic rings. The number of esters is 1. The summed E-state index contributed by atoms with van der Waals surface area (Å²) in [6.07, 6.45) is 0.472. The van der Waals surface area contributed by atoms with Gasteiger partial charge in [0, 0.05) is 11.9 Å². The van der Waals surface area contributed by atoms with Crippen molar-refractivity contribution in [2.24, 2.45) is 0 Å². The smallest absolute Gasteiger partial charge is 0.342 e. The first kappa shape index (κ1) is 16.8. The number of hydrogen-bond donors (Lipinski definition) is 1. The van der Waals surface area contributed by atoms with Crippen molar-refractivity contribution in [1.29, 1.82) is 0 Å². The van der Waals surface area contributed by atoms with E-state index < -0.39 is 18.0 Å². The van der Waals surface area contributed by atoms with Crippen molar-refractivity contribution in [3.63, 3.8) is 0 Å². The molecule has 0 aliphatic carbocycles. The number of pyridine rings is 1. The standard InChI is InChI=1S/C16H15ClN2O4/c1-10(23-16(21)13-4-3-9-18-14(13)17)15(20)19-11-5-7-12(22-2)8-6-11/h3-10H,1-2H3,(H,19,20). The average molecular weight is 335 g/mol. The Bertz CT molecular complexity index is 703. The van der Waals surface area contributed by atoms with Crippen LogP contribution in [0.15, 0.2) is 42.6 Å². The number of rotatable bonds is 5. The van der Waals surface area contributed by atoms with Gasteiger partial charge in [-0.2, -0.15) is 0 Å². The maximum Gasteiger partial charge on any atom is 0.342 e. The van der Waals surface area contributed by atoms with Crippen LogP contribution in [0.2, 0.25) is 5.15 Å². The zero-order valence-corrected chi connectivity index (χ0v) is 13.3. The predicted octanol–water partition coefficient (Wildman–Crippen LogP) is 2.93. The van der Waals surface area contributed by atoms with Gasteiger partial charge in [-0.15, -0.1) is 0 Å². The first-order chi connectivity index (χ1) is 11.0. The molecule has 2 rings (SSSR count). The summed E-state index contributed by atoms with van der Waals surface area (Å²) >= 11 is 5.82. The van der Waals surface area contributed by atoms with Crippen LogP contribution in [0.25, 0.3) is 0 Å². The number of amides is 1. The average Bonchev–Trinajstić information content (AvgIpc) is 2.55. The lowest BCUT2D eigenvalue weighted by Gasteiger charge is -2.14. The lowest BCUT2D eigenvalue weighted by molar-refractivity contribution is -0.123. The zero-order chi connectivity index (χ0) is 16.8. The summed E-state index contributed by atoms with van der Waals surface area (Å²) in [4.78, 5) is 27.8. The molecule has 120 valence electrons. The molecule has 1 aromatic heterocycles. The van der Waals surface area contributed by atoms with Gasteiger partial charge in [-0.1, -0.05) is 11.6 Å². The van der Waals surface area contributed by atoms with Crippen molar-refractivity contribution in [3.8, 4) is 5.75 Å². The fourth-order valence-electron chi connectivity index (χ4n) is 1.73. The highest BCUT2D eigenvalue weighted by atomic mass is 35.5. The van der Waals surface area contributed by atoms with Gasteiger partial charge in [-0.3, -0.25) is 4.79 Å². The number of benzene rings is 1. The molecule has 0 fully saturated rings. The van der Waals surface area contributed by atoms with Gasteiger partial charge < -0.3 is 14.8 Å². The fraction of sp³-hybridized carbons (Fsp3) is 0.188. The molecular weight excluding hydrogens is 320 g/mol. The number of nitrogens with zero attached hydrogens (tertiary/aromatic N) is 1. The van der Waals surface area contributed by atoms with Crippen LogP contribution in [0.5, 0.6) is 5.75 Å². The maximum absolute atomic E-state index is 12.1. The fourth-order valence-corrected chi connectivity index (χ4v) is 1.93. The van der Waals surface area contributed by atoms with Crippen LogP contribution >= 0.6 is 11.6 Å². The van der Waals surface area contributed by atoms with Crippen LogP contribution in [0.1, 0.15) is 17.3 Å². The summed E-state index contributed by atoms with van der Waals surface area (Å²) in [6, 6.07) is 9.83. The van der Waals surface area contributed by atoms with Gasteiger partial charge in [0.1, 0.15) is 10.9 Å². The van der Waals surface area contributed by atoms with Crippen molar-refractivity contribution in [1.82, 2.24) is 4.98 Å². The van der Waals surface area contributed by atoms with Crippen LogP contribution < -0.4 is 10.1 Å². The second-order valence-electron chi connectivity index (χ2n) is 4.61. The molecule has 0 radical (unpaired) electrons. The minimum atomic E-state index is -0.985. The van der Waals surface area contributed by atoms with Gasteiger partial charge in [0.05, 0.1) is 12.7 Å². The monoisotopic (exact) mass is 334 g/mol. The van der Waals surface area contributed by atoms with Crippen molar-refractivity contribution in [3.05, 3.63) is 53.3 Å². The Hall–Kier alpha value is -2.60. The van der Waals surface area contributed by atoms with E-state index in [-0.39, 0.29) is 10.7 Å². The number of aromatic nitrogens is 1. The summed E-state index contributed by atoms with van der Waals surface area (Å²) in [5.41, 5.74) is 0.677. The number of carbonyl (C=O) groups is 2. The predicted molar refractivity (Wildman–Crippen MR) is 85.7 cm³/mol. The van der Waals surface area contributed by atoms with Gasteiger partial charge in [0.15, 0.2) is 6.10 Å². The van der Waals surface area contributed by atoms with Crippen molar-refractivity contribution < 1.29 is 19.1 Å². The third-order valence-electron chi connectivity index (χ3n) is 2.99. The number of ether oxygens (including phenoxy) is 2. The van der Waals surface area contributed by atoms with Crippen molar-refractivity contribution >= 4 is 29.2 Å². The van der Waals surface area contributed by atoms with Crippen molar-refractivity contribution in [2.75, 3.05) is 12.4 Å². The minimum absolute atomic E-state index is 0.0280. The van der Waals surface area contributed by atoms with Crippen LogP contribution in [0.3, 0.4) is 0 Å². The Labute approximate surface area is 138 Å². The first-order valence-electron chi connectivity index (χ1n) is 6.77. The Morgan fingerprint density at radius 1 is 1.22 bits per heavy atom. The van der Waals surface area contributed by atoms with E-state index in [9.17, 15) is 9.59 Å². The van der Waals surface area contributed by atoms with Crippen LogP contribution in [0, 0.1) is 0 Å². The molecule has 0 bridgehead atoms. The van der Waals surface area contributed by atoms with Gasteiger partial charge in [-0.05, 0) is 43.3 Å². The lowest BCUT2D eigenvalue weighted by atomic mass is 10.2. The molecule has 0 aliphatic heterocycles. The summed E-state index contributed by atoms with van der Waals surface area (Å²) in [5, 5.41) is 2.67. The van der Waals surface area contributed by atoms with E-state index in [0.717, 1.165) is 0 Å². The molecule has 23 heavy (non-hydrogen) atoms. The summed E-state index contributed by atoms with van der Waals surface area (Å²) < 4.78 is 10.1. The van der Waals surface area contributed by atoms with Gasteiger partial charge >= 0.3 is 5.97 Å². The second kappa shape index (κ2) is 7.60. The molecule has 0 aliphatic rings. The van der Waals surface area contributed by atoms with Gasteiger partial charge in [-0.25, -0.2) is 9.78 Å². The molecule has 1 atom stereocenters. The normalized spacial score (nSPS) is 11.4. The van der Waals surface area contributed by atoms with E-state index in [1.807, 2.05) is 0 Å². The van der Waals surface area contributed by atoms with Crippen LogP contribution in [-0.2, 0) is 9.53 Å². The largest absolute Gasteiger partial charge is 0.497 e. The molecular formula is C16H15ClN2O4. The quantitative estimate of drug-likeness (QED) is 0.672. The topological polar surface area (TPSA) is 77.5 Å². The molecule has 1 aromatic carbocycles. The summed E-state index contributed by atoms with van der Waals surface area (Å²) in [6.45, 7) is 1.47. The number of nitrogens with one attached hydrogen (secondary N) is 1. The minimum Gasteiger partial charge on any atom is -0.497 e. The Morgan fingerprint density at radius 2 is 1.91 bits per heavy atom. The molecule has 1 unspecified atom stereocenters. The Kier molecular flexibility index (Phi) is 5.54. The number of halogens is 1. The van der Waals surface area contributed by atoms with E-state index in [0.29, 0.717) is 11.4 Å². The molecule has 1 amide bonds. The number of anilines is 1. The van der Waals surface area contributed by atoms with E-state index in [1.54, 1.807) is 37.4 Å². The summed E-state index contributed by atoms with van der Waals surface area (Å²) in [7, 11) is 1.55. The van der Waals surface area contributed by atoms with Gasteiger partial charge in [0.2, 0.25) is 0 Å². The van der Waals surface area contributed by atoms with E-state index in [1.165, 1.54) is 19.2 Å². The van der Waals surface area contributed by atoms with Crippen LogP contribution in [-0.4, -0.2) is 30.1 Å². The van der Waals surface area contributed by atoms with E-state index in [2.05, 4.69) is 10.3 Å². The third kappa shape index (κ3) is 4.43. The number of methoxy groups -OCH3 is 1. The SMILES string of the molecule is COc1ccc(NC(=O)C(C)OC(=O)c2cccnc2Cl)cc1. The molecule has 1 N–H and O–H groups in total. The third-order valence-corrected chi connectivity index (χ3v) is 3.29. The number of carbonyl (C=O) groups excluding carboxylic acids is 2. The molecule has 0 saturated carbocycles. The summed E-state index contributed by atoms with van der Waals surface area (Å²) in [5.74, 6) is -0.488. The molecule has 7 heteroatoms. The van der Waals surface area contributed by atoms with E-state index in [4.69, 9.17) is 21.1 Å². The zero-order valence-electron chi connectivity index (χ0n) is 12.6. The van der Waals surface area contributed by atoms with Crippen LogP contribution in [0.4, 0.5) is 5.69 Å². The highest BCUT2D eigenvalue weighted by molar-refractivity contribution is 6.32. The van der Waals surface area contributed by atoms with Gasteiger partial charge in [0.25, 0.3) is 5.91 Å². The highest BCUT2D eigenvalue weighted by Gasteiger charge is 2.20. The molecule has 6 nitrogen and oxygen atoms in total. The van der Waals surface area contributed by atoms with E-state index >= 15 is 0 Å². The Balaban J connectivity index is 1.96. The van der Waals surface area contributed by atoms with Crippen molar-refractivity contribution in [2.45, 2.75) is 13.0 Å². The highest BCUT2D eigenvalue weighted by Crippen LogP contribution is 2.16. The lowest BCUT2D eigenvalue weighted by Crippen LogP contribution is -2.30. The molecule has 0 spiro atoms. The first-order valence-corrected chi connectivity index (χ1v) is 7.15. The Morgan fingerprint density at radius 3 is 2.52 bits per heavy atom. The molecule has 0 saturated heterocycles. The molecule has 1 heterocycles. The second-order valence-corrected chi connectivity index (χ2v) is 4.97. The number of hydrogen-bond acceptors (Lipinski definition) is 5.